The van der Waals surface area contributed by atoms with Crippen LogP contribution in [0.4, 0.5) is 0 Å². The van der Waals surface area contributed by atoms with Crippen molar-refractivity contribution in [3.05, 3.63) is 79.1 Å². The van der Waals surface area contributed by atoms with Gasteiger partial charge in [0.15, 0.2) is 5.69 Å². The molecule has 0 bridgehead atoms. The van der Waals surface area contributed by atoms with Gasteiger partial charge in [0.2, 0.25) is 0 Å². The molecule has 0 atom stereocenters. The van der Waals surface area contributed by atoms with Gasteiger partial charge in [0.25, 0.3) is 0 Å². The normalized spacial score (nSPS) is 11.1. The van der Waals surface area contributed by atoms with Crippen molar-refractivity contribution in [1.29, 1.82) is 0 Å². The standard InChI is InChI=1S/C18H13N2S.ClHO4/c1-3-7-14(8-4-1)16-11-12-20-13-17(21-18(20)19-16)15-9-5-2-6-10-15;2-1(3,4)5/h1-13H;(H,2,3,4,5)/q+1;/p-1. The van der Waals surface area contributed by atoms with Crippen LogP contribution < -0.4 is 23.0 Å². The molecule has 0 aliphatic rings. The van der Waals surface area contributed by atoms with Gasteiger partial charge in [-0.3, -0.25) is 0 Å². The Morgan fingerprint density at radius 3 is 1.88 bits per heavy atom. The molecule has 4 aromatic rings. The van der Waals surface area contributed by atoms with E-state index in [0.29, 0.717) is 0 Å². The Bertz CT molecular complexity index is 945. The lowest BCUT2D eigenvalue weighted by atomic mass is 10.1. The van der Waals surface area contributed by atoms with E-state index in [1.807, 2.05) is 24.3 Å². The largest absolute Gasteiger partial charge is 0.388 e. The monoisotopic (exact) mass is 388 g/mol. The summed E-state index contributed by atoms with van der Waals surface area (Å²) in [6.07, 6.45) is 4.21. The van der Waals surface area contributed by atoms with Gasteiger partial charge >= 0.3 is 4.96 Å². The Balaban J connectivity index is 0.000000349. The summed E-state index contributed by atoms with van der Waals surface area (Å²) >= 11 is 1.71. The number of hydrogen-bond acceptors (Lipinski definition) is 6. The highest BCUT2D eigenvalue weighted by atomic mass is 35.7. The third-order valence-electron chi connectivity index (χ3n) is 3.42. The first kappa shape index (κ1) is 18.4. The molecule has 6 nitrogen and oxygen atoms in total. The van der Waals surface area contributed by atoms with Crippen molar-refractivity contribution in [2.24, 2.45) is 0 Å². The Kier molecular flexibility index (Phi) is 5.58. The zero-order chi connectivity index (χ0) is 18.6. The highest BCUT2D eigenvalue weighted by molar-refractivity contribution is 7.19. The second-order valence-electron chi connectivity index (χ2n) is 5.21. The average Bonchev–Trinajstić information content (AvgIpc) is 3.05. The van der Waals surface area contributed by atoms with E-state index in [0.717, 1.165) is 16.2 Å². The molecule has 0 fully saturated rings. The van der Waals surface area contributed by atoms with Gasteiger partial charge in [-0.25, -0.2) is 18.6 Å². The second-order valence-corrected chi connectivity index (χ2v) is 6.97. The predicted molar refractivity (Wildman–Crippen MR) is 86.1 cm³/mol. The predicted octanol–water partition coefficient (Wildman–Crippen LogP) is -0.540. The first-order chi connectivity index (χ1) is 12.4. The minimum Gasteiger partial charge on any atom is -0.222 e. The summed E-state index contributed by atoms with van der Waals surface area (Å²) < 4.78 is 36.1. The summed E-state index contributed by atoms with van der Waals surface area (Å²) in [7, 11) is -4.94. The Hall–Kier alpha value is -2.39. The van der Waals surface area contributed by atoms with Crippen LogP contribution in [-0.4, -0.2) is 4.98 Å². The number of thiazole rings is 1. The minimum atomic E-state index is -4.94. The zero-order valence-electron chi connectivity index (χ0n) is 13.3. The van der Waals surface area contributed by atoms with Crippen LogP contribution in [-0.2, 0) is 0 Å². The molecule has 0 saturated carbocycles. The lowest BCUT2D eigenvalue weighted by Gasteiger charge is -2.17. The fourth-order valence-corrected chi connectivity index (χ4v) is 3.32. The molecule has 0 N–H and O–H groups in total. The summed E-state index contributed by atoms with van der Waals surface area (Å²) in [6, 6.07) is 22.8. The lowest BCUT2D eigenvalue weighted by Crippen LogP contribution is -2.68. The maximum atomic E-state index is 8.49. The molecule has 0 unspecified atom stereocenters. The van der Waals surface area contributed by atoms with Crippen molar-refractivity contribution in [3.8, 4) is 21.7 Å². The van der Waals surface area contributed by atoms with Crippen molar-refractivity contribution in [3.63, 3.8) is 0 Å². The summed E-state index contributed by atoms with van der Waals surface area (Å²) in [4.78, 5) is 7.01. The van der Waals surface area contributed by atoms with Gasteiger partial charge in [0, 0.05) is 11.6 Å². The van der Waals surface area contributed by atoms with Crippen LogP contribution >= 0.6 is 11.3 Å². The molecule has 0 aliphatic heterocycles. The molecule has 0 radical (unpaired) electrons. The van der Waals surface area contributed by atoms with Crippen LogP contribution in [0.3, 0.4) is 0 Å². The smallest absolute Gasteiger partial charge is 0.222 e. The van der Waals surface area contributed by atoms with Crippen molar-refractivity contribution in [1.82, 2.24) is 4.98 Å². The minimum absolute atomic E-state index is 1.01. The van der Waals surface area contributed by atoms with Crippen molar-refractivity contribution in [2.75, 3.05) is 0 Å². The van der Waals surface area contributed by atoms with Gasteiger partial charge in [-0.1, -0.05) is 60.7 Å². The highest BCUT2D eigenvalue weighted by Gasteiger charge is 2.14. The van der Waals surface area contributed by atoms with Crippen molar-refractivity contribution < 1.29 is 33.3 Å². The maximum absolute atomic E-state index is 8.49. The molecule has 2 aromatic carbocycles. The van der Waals surface area contributed by atoms with Gasteiger partial charge in [-0.15, -0.1) is 10.2 Å². The molecule has 0 spiro atoms. The Labute approximate surface area is 155 Å². The molecule has 0 aliphatic carbocycles. The van der Waals surface area contributed by atoms with Gasteiger partial charge in [-0.05, 0) is 21.9 Å². The van der Waals surface area contributed by atoms with E-state index in [9.17, 15) is 0 Å². The fourth-order valence-electron chi connectivity index (χ4n) is 2.34. The third kappa shape index (κ3) is 5.06. The quantitative estimate of drug-likeness (QED) is 0.428. The van der Waals surface area contributed by atoms with E-state index in [4.69, 9.17) is 23.6 Å². The Morgan fingerprint density at radius 2 is 1.31 bits per heavy atom. The van der Waals surface area contributed by atoms with Gasteiger partial charge < -0.3 is 0 Å². The maximum Gasteiger partial charge on any atom is 0.388 e. The van der Waals surface area contributed by atoms with Crippen LogP contribution in [0.1, 0.15) is 0 Å². The van der Waals surface area contributed by atoms with E-state index >= 15 is 0 Å². The molecule has 132 valence electrons. The van der Waals surface area contributed by atoms with Gasteiger partial charge in [-0.2, -0.15) is 4.40 Å². The SMILES string of the molecule is [O-][Cl+3]([O-])([O-])[O-].c1ccc(-c2cc[n+]3cc(-c4ccccc4)sc3n2)cc1. The topological polar surface area (TPSA) is 109 Å². The average molecular weight is 389 g/mol. The number of nitrogens with zero attached hydrogens (tertiary/aromatic N) is 2. The van der Waals surface area contributed by atoms with E-state index < -0.39 is 10.2 Å². The van der Waals surface area contributed by atoms with Crippen LogP contribution in [0.25, 0.3) is 26.7 Å². The van der Waals surface area contributed by atoms with E-state index in [1.165, 1.54) is 10.4 Å². The summed E-state index contributed by atoms with van der Waals surface area (Å²) in [5.74, 6) is 0. The molecule has 4 rings (SSSR count). The molecule has 2 heterocycles. The molecular formula is C18H13ClN2O4S. The van der Waals surface area contributed by atoms with Crippen LogP contribution in [0.2, 0.25) is 0 Å². The molecule has 0 amide bonds. The fraction of sp³-hybridized carbons (Fsp3) is 0. The summed E-state index contributed by atoms with van der Waals surface area (Å²) in [5, 5.41) is 0. The molecule has 26 heavy (non-hydrogen) atoms. The Morgan fingerprint density at radius 1 is 0.769 bits per heavy atom. The number of hydrogen-bond donors (Lipinski definition) is 0. The van der Waals surface area contributed by atoms with E-state index in [-0.39, 0.29) is 0 Å². The molecule has 0 saturated heterocycles. The first-order valence-corrected chi connectivity index (χ1v) is 9.50. The van der Waals surface area contributed by atoms with E-state index in [1.54, 1.807) is 11.3 Å². The van der Waals surface area contributed by atoms with Gasteiger partial charge in [0.1, 0.15) is 12.4 Å². The number of benzene rings is 2. The van der Waals surface area contributed by atoms with Gasteiger partial charge in [0.05, 0.1) is 4.88 Å². The second kappa shape index (κ2) is 7.88. The zero-order valence-corrected chi connectivity index (χ0v) is 14.9. The van der Waals surface area contributed by atoms with Crippen LogP contribution in [0, 0.1) is 10.2 Å². The number of rotatable bonds is 2. The molecular weight excluding hydrogens is 376 g/mol. The van der Waals surface area contributed by atoms with Crippen molar-refractivity contribution in [2.45, 2.75) is 0 Å². The van der Waals surface area contributed by atoms with E-state index in [2.05, 4.69) is 59.3 Å². The summed E-state index contributed by atoms with van der Waals surface area (Å²) in [5.41, 5.74) is 3.39. The number of fused-ring (bicyclic) bond motifs is 1. The molecule has 8 heteroatoms. The van der Waals surface area contributed by atoms with Crippen LogP contribution in [0.15, 0.2) is 79.1 Å². The lowest BCUT2D eigenvalue weighted by molar-refractivity contribution is -2.00. The summed E-state index contributed by atoms with van der Waals surface area (Å²) in [6.45, 7) is 0. The first-order valence-electron chi connectivity index (χ1n) is 7.44. The van der Waals surface area contributed by atoms with Crippen molar-refractivity contribution >= 4 is 16.3 Å². The number of aromatic nitrogens is 2. The molecule has 2 aromatic heterocycles. The highest BCUT2D eigenvalue weighted by Crippen LogP contribution is 2.25. The third-order valence-corrected chi connectivity index (χ3v) is 4.46. The van der Waals surface area contributed by atoms with Crippen LogP contribution in [0.5, 0.6) is 0 Å². The number of halogens is 1.